The second-order valence-corrected chi connectivity index (χ2v) is 8.12. The zero-order valence-electron chi connectivity index (χ0n) is 10.5. The number of amides is 1. The summed E-state index contributed by atoms with van der Waals surface area (Å²) in [5, 5.41) is 3.15. The lowest BCUT2D eigenvalue weighted by atomic mass is 9.49. The van der Waals surface area contributed by atoms with Gasteiger partial charge >= 0.3 is 0 Å². The van der Waals surface area contributed by atoms with Crippen LogP contribution in [0.15, 0.2) is 0 Å². The Morgan fingerprint density at radius 2 is 1.71 bits per heavy atom. The molecule has 4 saturated carbocycles. The van der Waals surface area contributed by atoms with E-state index in [1.165, 1.54) is 38.5 Å². The monoisotopic (exact) mass is 299 g/mol. The Balaban J connectivity index is 1.64. The second kappa shape index (κ2) is 4.25. The van der Waals surface area contributed by atoms with E-state index < -0.39 is 0 Å². The number of hydrogen-bond acceptors (Lipinski definition) is 1. The smallest absolute Gasteiger partial charge is 0.233 e. The summed E-state index contributed by atoms with van der Waals surface area (Å²) in [6.45, 7) is 2.82. The van der Waals surface area contributed by atoms with E-state index in [1.54, 1.807) is 0 Å². The van der Waals surface area contributed by atoms with E-state index in [0.29, 0.717) is 5.41 Å². The molecule has 96 valence electrons. The fourth-order valence-electron chi connectivity index (χ4n) is 4.92. The van der Waals surface area contributed by atoms with Gasteiger partial charge in [0, 0.05) is 6.54 Å². The van der Waals surface area contributed by atoms with E-state index in [9.17, 15) is 4.79 Å². The Labute approximate surface area is 112 Å². The van der Waals surface area contributed by atoms with Crippen LogP contribution in [0.3, 0.4) is 0 Å². The van der Waals surface area contributed by atoms with Crippen molar-refractivity contribution in [2.24, 2.45) is 23.2 Å². The molecule has 1 atom stereocenters. The molecule has 17 heavy (non-hydrogen) atoms. The van der Waals surface area contributed by atoms with Gasteiger partial charge in [0.15, 0.2) is 0 Å². The lowest BCUT2D eigenvalue weighted by Gasteiger charge is -2.56. The van der Waals surface area contributed by atoms with E-state index in [-0.39, 0.29) is 10.7 Å². The molecule has 0 aliphatic heterocycles. The number of nitrogens with one attached hydrogen (secondary N) is 1. The first-order valence-corrected chi connectivity index (χ1v) is 7.90. The second-order valence-electron chi connectivity index (χ2n) is 6.75. The Bertz CT molecular complexity index is 291. The molecule has 2 nitrogen and oxygen atoms in total. The van der Waals surface area contributed by atoms with Gasteiger partial charge in [-0.15, -0.1) is 0 Å². The summed E-state index contributed by atoms with van der Waals surface area (Å²) in [7, 11) is 0. The highest BCUT2D eigenvalue weighted by molar-refractivity contribution is 9.10. The van der Waals surface area contributed by atoms with Crippen molar-refractivity contribution >= 4 is 21.8 Å². The standard InChI is InChI=1S/C14H22BrNO/c1-9(15)13(17)16-8-14-5-10-2-11(6-14)4-12(3-10)7-14/h9-12H,2-8H2,1H3,(H,16,17). The van der Waals surface area contributed by atoms with Crippen molar-refractivity contribution in [3.63, 3.8) is 0 Å². The van der Waals surface area contributed by atoms with E-state index in [0.717, 1.165) is 24.3 Å². The number of halogens is 1. The van der Waals surface area contributed by atoms with Gasteiger partial charge in [0.05, 0.1) is 4.83 Å². The summed E-state index contributed by atoms with van der Waals surface area (Å²) in [6.07, 6.45) is 8.54. The molecular formula is C14H22BrNO. The van der Waals surface area contributed by atoms with Gasteiger partial charge in [-0.25, -0.2) is 0 Å². The van der Waals surface area contributed by atoms with Crippen LogP contribution in [0.1, 0.15) is 45.4 Å². The molecule has 0 spiro atoms. The van der Waals surface area contributed by atoms with Crippen LogP contribution < -0.4 is 5.32 Å². The van der Waals surface area contributed by atoms with Gasteiger partial charge in [-0.3, -0.25) is 4.79 Å². The number of hydrogen-bond donors (Lipinski definition) is 1. The topological polar surface area (TPSA) is 29.1 Å². The molecule has 4 bridgehead atoms. The first kappa shape index (κ1) is 12.0. The van der Waals surface area contributed by atoms with Crippen molar-refractivity contribution in [2.45, 2.75) is 50.3 Å². The fraction of sp³-hybridized carbons (Fsp3) is 0.929. The molecule has 0 saturated heterocycles. The van der Waals surface area contributed by atoms with Crippen LogP contribution in [0.2, 0.25) is 0 Å². The SMILES string of the molecule is CC(Br)C(=O)NCC12CC3CC(CC(C3)C1)C2. The maximum atomic E-state index is 11.7. The predicted octanol–water partition coefficient (Wildman–Crippen LogP) is 3.10. The van der Waals surface area contributed by atoms with E-state index in [2.05, 4.69) is 21.2 Å². The highest BCUT2D eigenvalue weighted by Gasteiger charge is 2.50. The van der Waals surface area contributed by atoms with Crippen LogP contribution in [0.4, 0.5) is 0 Å². The number of carbonyl (C=O) groups excluding carboxylic acids is 1. The quantitative estimate of drug-likeness (QED) is 0.797. The van der Waals surface area contributed by atoms with Gasteiger partial charge in [-0.2, -0.15) is 0 Å². The molecule has 0 aromatic carbocycles. The van der Waals surface area contributed by atoms with E-state index in [4.69, 9.17) is 0 Å². The summed E-state index contributed by atoms with van der Waals surface area (Å²) >= 11 is 3.34. The van der Waals surface area contributed by atoms with Crippen LogP contribution in [0.25, 0.3) is 0 Å². The highest BCUT2D eigenvalue weighted by atomic mass is 79.9. The predicted molar refractivity (Wildman–Crippen MR) is 72.0 cm³/mol. The molecule has 4 aliphatic rings. The molecule has 0 radical (unpaired) electrons. The molecule has 0 aromatic rings. The van der Waals surface area contributed by atoms with Crippen molar-refractivity contribution in [1.29, 1.82) is 0 Å². The van der Waals surface area contributed by atoms with Crippen LogP contribution in [0, 0.1) is 23.2 Å². The molecular weight excluding hydrogens is 278 g/mol. The normalized spacial score (nSPS) is 44.7. The zero-order valence-corrected chi connectivity index (χ0v) is 12.1. The van der Waals surface area contributed by atoms with Crippen LogP contribution in [-0.2, 0) is 4.79 Å². The molecule has 3 heteroatoms. The molecule has 1 unspecified atom stereocenters. The summed E-state index contributed by atoms with van der Waals surface area (Å²) in [5.41, 5.74) is 0.465. The highest BCUT2D eigenvalue weighted by Crippen LogP contribution is 2.59. The molecule has 4 rings (SSSR count). The Morgan fingerprint density at radius 3 is 2.12 bits per heavy atom. The Kier molecular flexibility index (Phi) is 3.00. The van der Waals surface area contributed by atoms with Crippen molar-refractivity contribution in [2.75, 3.05) is 6.54 Å². The zero-order chi connectivity index (χ0) is 12.0. The third-order valence-corrected chi connectivity index (χ3v) is 5.58. The molecule has 0 heterocycles. The van der Waals surface area contributed by atoms with Crippen LogP contribution >= 0.6 is 15.9 Å². The Hall–Kier alpha value is -0.0500. The largest absolute Gasteiger partial charge is 0.355 e. The molecule has 4 fully saturated rings. The van der Waals surface area contributed by atoms with Gasteiger partial charge in [0.2, 0.25) is 5.91 Å². The van der Waals surface area contributed by atoms with Gasteiger partial charge in [-0.1, -0.05) is 15.9 Å². The van der Waals surface area contributed by atoms with Crippen LogP contribution in [0.5, 0.6) is 0 Å². The first-order chi connectivity index (χ1) is 8.06. The van der Waals surface area contributed by atoms with Gasteiger partial charge < -0.3 is 5.32 Å². The third-order valence-electron chi connectivity index (χ3n) is 5.16. The molecule has 4 aliphatic carbocycles. The van der Waals surface area contributed by atoms with Crippen molar-refractivity contribution in [3.05, 3.63) is 0 Å². The van der Waals surface area contributed by atoms with Crippen molar-refractivity contribution in [1.82, 2.24) is 5.32 Å². The fourth-order valence-corrected chi connectivity index (χ4v) is 5.08. The lowest BCUT2D eigenvalue weighted by molar-refractivity contribution is -0.122. The summed E-state index contributed by atoms with van der Waals surface area (Å²) in [4.78, 5) is 11.6. The summed E-state index contributed by atoms with van der Waals surface area (Å²) in [5.74, 6) is 3.07. The third kappa shape index (κ3) is 2.27. The summed E-state index contributed by atoms with van der Waals surface area (Å²) < 4.78 is 0. The van der Waals surface area contributed by atoms with Crippen molar-refractivity contribution in [3.8, 4) is 0 Å². The molecule has 0 aromatic heterocycles. The van der Waals surface area contributed by atoms with E-state index >= 15 is 0 Å². The first-order valence-electron chi connectivity index (χ1n) is 6.98. The lowest BCUT2D eigenvalue weighted by Crippen LogP contribution is -2.51. The Morgan fingerprint density at radius 1 is 1.24 bits per heavy atom. The summed E-state index contributed by atoms with van der Waals surface area (Å²) in [6, 6.07) is 0. The molecule has 1 amide bonds. The maximum Gasteiger partial charge on any atom is 0.233 e. The van der Waals surface area contributed by atoms with E-state index in [1.807, 2.05) is 6.92 Å². The maximum absolute atomic E-state index is 11.7. The van der Waals surface area contributed by atoms with Gasteiger partial charge in [-0.05, 0) is 68.6 Å². The van der Waals surface area contributed by atoms with Crippen molar-refractivity contribution < 1.29 is 4.79 Å². The van der Waals surface area contributed by atoms with Gasteiger partial charge in [0.1, 0.15) is 0 Å². The minimum atomic E-state index is -0.0589. The minimum Gasteiger partial charge on any atom is -0.355 e. The van der Waals surface area contributed by atoms with Gasteiger partial charge in [0.25, 0.3) is 0 Å². The molecule has 1 N–H and O–H groups in total. The number of carbonyl (C=O) groups is 1. The minimum absolute atomic E-state index is 0.0589. The number of alkyl halides is 1. The average Bonchev–Trinajstić information content (AvgIpc) is 2.24. The number of rotatable bonds is 3. The van der Waals surface area contributed by atoms with Crippen LogP contribution in [-0.4, -0.2) is 17.3 Å². The average molecular weight is 300 g/mol.